The summed E-state index contributed by atoms with van der Waals surface area (Å²) in [5.74, 6) is -0.818. The summed E-state index contributed by atoms with van der Waals surface area (Å²) in [5.41, 5.74) is 9.17. The Labute approximate surface area is 248 Å². The fourth-order valence-electron chi connectivity index (χ4n) is 4.59. The topological polar surface area (TPSA) is 55.8 Å². The number of anilines is 2. The summed E-state index contributed by atoms with van der Waals surface area (Å²) in [6.45, 7) is 10.3. The van der Waals surface area contributed by atoms with Crippen molar-refractivity contribution < 1.29 is 19.1 Å². The molecular weight excluding hydrogens is 522 g/mol. The molecule has 214 valence electrons. The molecule has 5 heteroatoms. The van der Waals surface area contributed by atoms with Crippen molar-refractivity contribution in [1.29, 1.82) is 0 Å². The van der Waals surface area contributed by atoms with Gasteiger partial charge in [0.15, 0.2) is 0 Å². The van der Waals surface area contributed by atoms with Crippen LogP contribution in [0.3, 0.4) is 0 Å². The molecular formula is C37H37NO4. The van der Waals surface area contributed by atoms with Crippen LogP contribution in [0.4, 0.5) is 11.4 Å². The van der Waals surface area contributed by atoms with Crippen LogP contribution < -0.4 is 4.90 Å². The summed E-state index contributed by atoms with van der Waals surface area (Å²) < 4.78 is 10.3. The molecule has 0 unspecified atom stereocenters. The maximum absolute atomic E-state index is 11.4. The first-order valence-electron chi connectivity index (χ1n) is 14.2. The molecule has 0 amide bonds. The van der Waals surface area contributed by atoms with Gasteiger partial charge < -0.3 is 14.4 Å². The van der Waals surface area contributed by atoms with Gasteiger partial charge in [-0.25, -0.2) is 9.59 Å². The molecule has 42 heavy (non-hydrogen) atoms. The molecule has 0 fully saturated rings. The molecule has 0 saturated carbocycles. The monoisotopic (exact) mass is 559 g/mol. The Hall–Kier alpha value is -4.90. The van der Waals surface area contributed by atoms with Crippen LogP contribution in [-0.2, 0) is 44.9 Å². The molecule has 0 radical (unpaired) electrons. The lowest BCUT2D eigenvalue weighted by molar-refractivity contribution is -0.138. The molecule has 0 heterocycles. The average molecular weight is 560 g/mol. The van der Waals surface area contributed by atoms with Crippen LogP contribution in [-0.4, -0.2) is 25.2 Å². The molecule has 4 aromatic carbocycles. The van der Waals surface area contributed by atoms with Crippen molar-refractivity contribution in [3.63, 3.8) is 0 Å². The third-order valence-electron chi connectivity index (χ3n) is 7.09. The molecule has 0 aliphatic heterocycles. The number of aryl methyl sites for hydroxylation is 1. The van der Waals surface area contributed by atoms with Crippen molar-refractivity contribution in [3.05, 3.63) is 145 Å². The number of rotatable bonds is 14. The van der Waals surface area contributed by atoms with Gasteiger partial charge >= 0.3 is 11.9 Å². The van der Waals surface area contributed by atoms with E-state index in [0.29, 0.717) is 32.6 Å². The fraction of sp³-hybridized carbons (Fsp3) is 0.189. The Kier molecular flexibility index (Phi) is 10.9. The highest BCUT2D eigenvalue weighted by Gasteiger charge is 2.12. The van der Waals surface area contributed by atoms with Gasteiger partial charge in [-0.2, -0.15) is 0 Å². The van der Waals surface area contributed by atoms with E-state index in [0.717, 1.165) is 34.5 Å². The predicted octanol–water partition coefficient (Wildman–Crippen LogP) is 7.80. The Bertz CT molecular complexity index is 1470. The van der Waals surface area contributed by atoms with E-state index in [-0.39, 0.29) is 0 Å². The summed E-state index contributed by atoms with van der Waals surface area (Å²) >= 11 is 0. The lowest BCUT2D eigenvalue weighted by Crippen LogP contribution is -2.16. The van der Waals surface area contributed by atoms with E-state index in [2.05, 4.69) is 122 Å². The molecule has 0 saturated heterocycles. The zero-order valence-electron chi connectivity index (χ0n) is 24.1. The van der Waals surface area contributed by atoms with Crippen molar-refractivity contribution in [2.75, 3.05) is 18.1 Å². The van der Waals surface area contributed by atoms with Crippen LogP contribution in [0, 0.1) is 0 Å². The minimum Gasteiger partial charge on any atom is -0.462 e. The standard InChI is InChI=1S/C37H37NO4/c1-4-28-11-15-32(16-12-28)33-17-21-35(22-18-33)38(34-19-13-30(14-20-34)24-26-42-37(40)6-3)27-31-9-7-29(8-10-31)23-25-41-36(39)5-2/h5-22H,2-4,23-27H2,1H3. The molecule has 4 rings (SSSR count). The van der Waals surface area contributed by atoms with Crippen molar-refractivity contribution >= 4 is 23.3 Å². The van der Waals surface area contributed by atoms with Gasteiger partial charge in [-0.15, -0.1) is 0 Å². The van der Waals surface area contributed by atoms with Crippen molar-refractivity contribution in [3.8, 4) is 11.1 Å². The third-order valence-corrected chi connectivity index (χ3v) is 7.09. The number of benzene rings is 4. The summed E-state index contributed by atoms with van der Waals surface area (Å²) in [6, 6.07) is 34.1. The summed E-state index contributed by atoms with van der Waals surface area (Å²) in [5, 5.41) is 0. The van der Waals surface area contributed by atoms with Gasteiger partial charge in [0.05, 0.1) is 13.2 Å². The molecule has 0 aliphatic rings. The highest BCUT2D eigenvalue weighted by atomic mass is 16.5. The van der Waals surface area contributed by atoms with E-state index in [9.17, 15) is 9.59 Å². The largest absolute Gasteiger partial charge is 0.462 e. The smallest absolute Gasteiger partial charge is 0.330 e. The number of carbonyl (C=O) groups is 2. The zero-order chi connectivity index (χ0) is 29.7. The third kappa shape index (κ3) is 8.55. The fourth-order valence-corrected chi connectivity index (χ4v) is 4.59. The van der Waals surface area contributed by atoms with Crippen LogP contribution in [0.5, 0.6) is 0 Å². The van der Waals surface area contributed by atoms with E-state index >= 15 is 0 Å². The van der Waals surface area contributed by atoms with Crippen molar-refractivity contribution in [1.82, 2.24) is 0 Å². The molecule has 0 atom stereocenters. The first-order valence-corrected chi connectivity index (χ1v) is 14.2. The lowest BCUT2D eigenvalue weighted by atomic mass is 10.0. The van der Waals surface area contributed by atoms with Gasteiger partial charge in [0.25, 0.3) is 0 Å². The van der Waals surface area contributed by atoms with Crippen molar-refractivity contribution in [2.24, 2.45) is 0 Å². The van der Waals surface area contributed by atoms with E-state index < -0.39 is 11.9 Å². The van der Waals surface area contributed by atoms with Gasteiger partial charge in [-0.05, 0) is 64.1 Å². The second kappa shape index (κ2) is 15.2. The molecule has 0 spiro atoms. The zero-order valence-corrected chi connectivity index (χ0v) is 24.1. The second-order valence-corrected chi connectivity index (χ2v) is 9.91. The number of nitrogens with zero attached hydrogens (tertiary/aromatic N) is 1. The Balaban J connectivity index is 1.53. The number of hydrogen-bond donors (Lipinski definition) is 0. The molecule has 0 aliphatic carbocycles. The maximum Gasteiger partial charge on any atom is 0.330 e. The van der Waals surface area contributed by atoms with E-state index in [1.807, 2.05) is 0 Å². The normalized spacial score (nSPS) is 10.5. The Morgan fingerprint density at radius 3 is 1.43 bits per heavy atom. The van der Waals surface area contributed by atoms with E-state index in [1.165, 1.54) is 28.8 Å². The van der Waals surface area contributed by atoms with Crippen LogP contribution in [0.1, 0.15) is 29.2 Å². The van der Waals surface area contributed by atoms with Gasteiger partial charge in [0.1, 0.15) is 0 Å². The van der Waals surface area contributed by atoms with Gasteiger partial charge in [0.2, 0.25) is 0 Å². The SMILES string of the molecule is C=CC(=O)OCCc1ccc(CN(c2ccc(CCOC(=O)C=C)cc2)c2ccc(-c3ccc(CC)cc3)cc2)cc1. The molecule has 5 nitrogen and oxygen atoms in total. The molecule has 0 bridgehead atoms. The summed E-state index contributed by atoms with van der Waals surface area (Å²) in [6.07, 6.45) is 4.66. The van der Waals surface area contributed by atoms with E-state index in [1.54, 1.807) is 0 Å². The van der Waals surface area contributed by atoms with Crippen LogP contribution in [0.25, 0.3) is 11.1 Å². The van der Waals surface area contributed by atoms with E-state index in [4.69, 9.17) is 9.47 Å². The Morgan fingerprint density at radius 1 is 0.595 bits per heavy atom. The van der Waals surface area contributed by atoms with Gasteiger partial charge in [0, 0.05) is 42.9 Å². The predicted molar refractivity (Wildman–Crippen MR) is 170 cm³/mol. The summed E-state index contributed by atoms with van der Waals surface area (Å²) in [4.78, 5) is 25.0. The van der Waals surface area contributed by atoms with Crippen LogP contribution in [0.2, 0.25) is 0 Å². The minimum absolute atomic E-state index is 0.313. The molecule has 0 aromatic heterocycles. The van der Waals surface area contributed by atoms with Gasteiger partial charge in [-0.1, -0.05) is 92.9 Å². The average Bonchev–Trinajstić information content (AvgIpc) is 3.04. The van der Waals surface area contributed by atoms with Gasteiger partial charge in [-0.3, -0.25) is 0 Å². The highest BCUT2D eigenvalue weighted by molar-refractivity contribution is 5.81. The number of ether oxygens (including phenoxy) is 2. The quantitative estimate of drug-likeness (QED) is 0.117. The molecule has 0 N–H and O–H groups in total. The number of esters is 2. The molecule has 4 aromatic rings. The maximum atomic E-state index is 11.4. The first-order chi connectivity index (χ1) is 20.5. The second-order valence-electron chi connectivity index (χ2n) is 9.91. The van der Waals surface area contributed by atoms with Crippen LogP contribution in [0.15, 0.2) is 122 Å². The highest BCUT2D eigenvalue weighted by Crippen LogP contribution is 2.31. The summed E-state index contributed by atoms with van der Waals surface area (Å²) in [7, 11) is 0. The minimum atomic E-state index is -0.411. The Morgan fingerprint density at radius 2 is 0.976 bits per heavy atom. The van der Waals surface area contributed by atoms with Crippen molar-refractivity contribution in [2.45, 2.75) is 32.7 Å². The lowest BCUT2D eigenvalue weighted by Gasteiger charge is -2.26. The number of hydrogen-bond acceptors (Lipinski definition) is 5. The van der Waals surface area contributed by atoms with Crippen LogP contribution >= 0.6 is 0 Å². The first kappa shape index (κ1) is 30.1. The number of carbonyl (C=O) groups excluding carboxylic acids is 2.